The van der Waals surface area contributed by atoms with Crippen molar-refractivity contribution in [3.63, 3.8) is 0 Å². The minimum absolute atomic E-state index is 0.143. The number of rotatable bonds is 9. The van der Waals surface area contributed by atoms with Crippen LogP contribution in [0.15, 0.2) is 42.5 Å². The smallest absolute Gasteiger partial charge is 0.328 e. The van der Waals surface area contributed by atoms with Crippen LogP contribution >= 0.6 is 0 Å². The summed E-state index contributed by atoms with van der Waals surface area (Å²) in [5, 5.41) is 0.797. The van der Waals surface area contributed by atoms with Crippen molar-refractivity contribution in [3.8, 4) is 5.75 Å². The maximum Gasteiger partial charge on any atom is 0.328 e. The molecule has 1 aromatic heterocycles. The number of aromatic amines is 1. The molecule has 5 rings (SSSR count). The van der Waals surface area contributed by atoms with Crippen LogP contribution in [0.1, 0.15) is 36.7 Å². The normalized spacial score (nSPS) is 21.2. The zero-order chi connectivity index (χ0) is 26.3. The Morgan fingerprint density at radius 3 is 2.59 bits per heavy atom. The van der Waals surface area contributed by atoms with Crippen LogP contribution in [0, 0.1) is 5.82 Å². The fraction of sp³-hybridized carbons (Fsp3) is 0.429. The Morgan fingerprint density at radius 1 is 1.16 bits per heavy atom. The van der Waals surface area contributed by atoms with Crippen molar-refractivity contribution in [2.24, 2.45) is 0 Å². The summed E-state index contributed by atoms with van der Waals surface area (Å²) in [7, 11) is 3.09. The van der Waals surface area contributed by atoms with Gasteiger partial charge in [-0.1, -0.05) is 37.3 Å². The number of benzene rings is 2. The molecular weight excluding hydrogens is 475 g/mol. The molecule has 0 saturated carbocycles. The first-order chi connectivity index (χ1) is 17.8. The highest BCUT2D eigenvalue weighted by Gasteiger charge is 2.60. The molecule has 2 aromatic carbocycles. The molecule has 2 atom stereocenters. The number of methoxy groups -OCH3 is 2. The lowest BCUT2D eigenvalue weighted by molar-refractivity contribution is -0.133. The Bertz CT molecular complexity index is 1330. The van der Waals surface area contributed by atoms with Gasteiger partial charge in [0, 0.05) is 55.8 Å². The van der Waals surface area contributed by atoms with Gasteiger partial charge in [-0.25, -0.2) is 9.18 Å². The molecule has 8 nitrogen and oxygen atoms in total. The summed E-state index contributed by atoms with van der Waals surface area (Å²) >= 11 is 0. The van der Waals surface area contributed by atoms with Gasteiger partial charge in [0.2, 0.25) is 0 Å². The Morgan fingerprint density at radius 2 is 1.92 bits per heavy atom. The van der Waals surface area contributed by atoms with E-state index in [-0.39, 0.29) is 17.7 Å². The zero-order valence-electron chi connectivity index (χ0n) is 21.7. The largest absolute Gasteiger partial charge is 0.494 e. The topological polar surface area (TPSA) is 78.1 Å². The molecule has 1 fully saturated rings. The summed E-state index contributed by atoms with van der Waals surface area (Å²) in [6, 6.07) is 11.9. The third kappa shape index (κ3) is 4.06. The predicted molar refractivity (Wildman–Crippen MR) is 138 cm³/mol. The molecule has 0 unspecified atom stereocenters. The van der Waals surface area contributed by atoms with Gasteiger partial charge in [0.15, 0.2) is 11.6 Å². The van der Waals surface area contributed by atoms with Crippen molar-refractivity contribution in [1.82, 2.24) is 19.7 Å². The molecule has 2 aliphatic rings. The number of hydrogen-bond acceptors (Lipinski definition) is 5. The highest BCUT2D eigenvalue weighted by Crippen LogP contribution is 2.49. The number of amides is 3. The third-order valence-corrected chi connectivity index (χ3v) is 7.75. The Kier molecular flexibility index (Phi) is 6.68. The summed E-state index contributed by atoms with van der Waals surface area (Å²) in [6.07, 6.45) is 0.322. The van der Waals surface area contributed by atoms with Gasteiger partial charge in [-0.3, -0.25) is 19.5 Å². The molecule has 37 heavy (non-hydrogen) atoms. The fourth-order valence-corrected chi connectivity index (χ4v) is 5.74. The SMILES string of the molecule is CCN(CCOC)CCN1C(=O)N2[C@H](c3ccccc3)c3[nH]c4cc(F)c(OC)cc4c3C[C@@]2(C)C1=O. The first kappa shape index (κ1) is 25.2. The van der Waals surface area contributed by atoms with Gasteiger partial charge < -0.3 is 14.5 Å². The van der Waals surface area contributed by atoms with E-state index in [1.807, 2.05) is 44.2 Å². The molecule has 3 heterocycles. The maximum absolute atomic E-state index is 14.6. The van der Waals surface area contributed by atoms with Crippen LogP contribution in [-0.2, 0) is 16.0 Å². The number of halogens is 1. The summed E-state index contributed by atoms with van der Waals surface area (Å²) in [6.45, 7) is 6.87. The number of ether oxygens (including phenoxy) is 2. The van der Waals surface area contributed by atoms with Crippen molar-refractivity contribution >= 4 is 22.8 Å². The van der Waals surface area contributed by atoms with Gasteiger partial charge in [-0.05, 0) is 30.7 Å². The number of carbonyl (C=O) groups excluding carboxylic acids is 2. The minimum atomic E-state index is -1.08. The average molecular weight is 509 g/mol. The van der Waals surface area contributed by atoms with Gasteiger partial charge in [0.05, 0.1) is 13.7 Å². The van der Waals surface area contributed by atoms with E-state index >= 15 is 0 Å². The monoisotopic (exact) mass is 508 g/mol. The summed E-state index contributed by atoms with van der Waals surface area (Å²) in [5.74, 6) is -0.538. The minimum Gasteiger partial charge on any atom is -0.494 e. The average Bonchev–Trinajstić information content (AvgIpc) is 3.33. The van der Waals surface area contributed by atoms with Crippen LogP contribution in [0.3, 0.4) is 0 Å². The molecule has 2 aliphatic heterocycles. The van der Waals surface area contributed by atoms with E-state index in [0.717, 1.165) is 35.3 Å². The number of fused-ring (bicyclic) bond motifs is 4. The number of likely N-dealkylation sites (N-methyl/N-ethyl adjacent to an activating group) is 1. The number of H-pyrrole nitrogens is 1. The number of imide groups is 1. The van der Waals surface area contributed by atoms with Crippen LogP contribution in [0.25, 0.3) is 10.9 Å². The highest BCUT2D eigenvalue weighted by molar-refractivity contribution is 6.08. The molecule has 3 amide bonds. The molecule has 3 aromatic rings. The lowest BCUT2D eigenvalue weighted by atomic mass is 9.81. The summed E-state index contributed by atoms with van der Waals surface area (Å²) in [4.78, 5) is 36.5. The van der Waals surface area contributed by atoms with E-state index in [1.54, 1.807) is 18.1 Å². The summed E-state index contributed by atoms with van der Waals surface area (Å²) < 4.78 is 25.0. The number of hydrogen-bond donors (Lipinski definition) is 1. The number of carbonyl (C=O) groups is 2. The Hall–Kier alpha value is -3.43. The number of aromatic nitrogens is 1. The number of nitrogens with one attached hydrogen (secondary N) is 1. The zero-order valence-corrected chi connectivity index (χ0v) is 21.7. The van der Waals surface area contributed by atoms with Gasteiger partial charge in [-0.15, -0.1) is 0 Å². The second-order valence-electron chi connectivity index (χ2n) is 9.85. The van der Waals surface area contributed by atoms with E-state index in [9.17, 15) is 14.0 Å². The molecule has 196 valence electrons. The van der Waals surface area contributed by atoms with Crippen molar-refractivity contribution in [2.45, 2.75) is 31.8 Å². The van der Waals surface area contributed by atoms with E-state index in [1.165, 1.54) is 18.1 Å². The van der Waals surface area contributed by atoms with E-state index in [2.05, 4.69) is 9.88 Å². The highest BCUT2D eigenvalue weighted by atomic mass is 19.1. The van der Waals surface area contributed by atoms with Gasteiger partial charge in [0.25, 0.3) is 5.91 Å². The molecule has 0 radical (unpaired) electrons. The Labute approximate surface area is 215 Å². The van der Waals surface area contributed by atoms with Crippen LogP contribution in [0.4, 0.5) is 9.18 Å². The van der Waals surface area contributed by atoms with Crippen LogP contribution in [0.5, 0.6) is 5.75 Å². The van der Waals surface area contributed by atoms with Crippen LogP contribution < -0.4 is 4.74 Å². The van der Waals surface area contributed by atoms with Crippen molar-refractivity contribution < 1.29 is 23.5 Å². The molecule has 0 spiro atoms. The van der Waals surface area contributed by atoms with E-state index in [0.29, 0.717) is 31.6 Å². The van der Waals surface area contributed by atoms with Crippen molar-refractivity contribution in [2.75, 3.05) is 47.0 Å². The van der Waals surface area contributed by atoms with Gasteiger partial charge in [-0.2, -0.15) is 0 Å². The number of nitrogens with zero attached hydrogens (tertiary/aromatic N) is 3. The van der Waals surface area contributed by atoms with Crippen LogP contribution in [0.2, 0.25) is 0 Å². The lowest BCUT2D eigenvalue weighted by Gasteiger charge is -2.42. The Balaban J connectivity index is 1.58. The maximum atomic E-state index is 14.6. The first-order valence-corrected chi connectivity index (χ1v) is 12.6. The first-order valence-electron chi connectivity index (χ1n) is 12.6. The quantitative estimate of drug-likeness (QED) is 0.443. The fourth-order valence-electron chi connectivity index (χ4n) is 5.74. The van der Waals surface area contributed by atoms with Crippen molar-refractivity contribution in [3.05, 3.63) is 65.1 Å². The predicted octanol–water partition coefficient (Wildman–Crippen LogP) is 3.95. The standard InChI is InChI=1S/C28H33FN4O4/c1-5-31(13-14-36-3)11-12-32-26(34)28(2)17-20-19-15-23(37-4)21(29)16-22(19)30-24(20)25(33(28)27(32)35)18-9-7-6-8-10-18/h6-10,15-16,25,30H,5,11-14,17H2,1-4H3/t25-,28+/m1/s1. The van der Waals surface area contributed by atoms with E-state index in [4.69, 9.17) is 9.47 Å². The van der Waals surface area contributed by atoms with Gasteiger partial charge >= 0.3 is 6.03 Å². The van der Waals surface area contributed by atoms with E-state index < -0.39 is 17.4 Å². The van der Waals surface area contributed by atoms with Crippen molar-refractivity contribution in [1.29, 1.82) is 0 Å². The second-order valence-corrected chi connectivity index (χ2v) is 9.85. The second kappa shape index (κ2) is 9.79. The molecular formula is C28H33FN4O4. The molecule has 0 bridgehead atoms. The molecule has 1 N–H and O–H groups in total. The molecule has 9 heteroatoms. The van der Waals surface area contributed by atoms with Gasteiger partial charge in [0.1, 0.15) is 11.6 Å². The molecule has 1 saturated heterocycles. The molecule has 0 aliphatic carbocycles. The lowest BCUT2D eigenvalue weighted by Crippen LogP contribution is -2.53. The van der Waals surface area contributed by atoms with Crippen LogP contribution in [-0.4, -0.2) is 84.2 Å². The number of urea groups is 1. The third-order valence-electron chi connectivity index (χ3n) is 7.75. The summed E-state index contributed by atoms with van der Waals surface area (Å²) in [5.41, 5.74) is 2.11.